The number of halogens is 4. The summed E-state index contributed by atoms with van der Waals surface area (Å²) in [6.45, 7) is -0.305. The Labute approximate surface area is 130 Å². The van der Waals surface area contributed by atoms with Crippen LogP contribution in [-0.4, -0.2) is 39.0 Å². The van der Waals surface area contributed by atoms with Crippen molar-refractivity contribution in [1.29, 1.82) is 0 Å². The van der Waals surface area contributed by atoms with Gasteiger partial charge < -0.3 is 19.5 Å². The van der Waals surface area contributed by atoms with Gasteiger partial charge in [0.1, 0.15) is 24.2 Å². The summed E-state index contributed by atoms with van der Waals surface area (Å²) in [4.78, 5) is 11.8. The summed E-state index contributed by atoms with van der Waals surface area (Å²) in [5, 5.41) is 2.60. The normalized spacial score (nSPS) is 12.7. The molecule has 0 aliphatic carbocycles. The van der Waals surface area contributed by atoms with E-state index < -0.39 is 24.8 Å². The van der Waals surface area contributed by atoms with Gasteiger partial charge in [-0.3, -0.25) is 4.79 Å². The van der Waals surface area contributed by atoms with E-state index >= 15 is 0 Å². The third-order valence-corrected chi connectivity index (χ3v) is 2.89. The van der Waals surface area contributed by atoms with E-state index in [-0.39, 0.29) is 16.5 Å². The molecule has 0 saturated carbocycles. The first-order valence-electron chi connectivity index (χ1n) is 6.08. The fraction of sp³-hybridized carbons (Fsp3) is 0.462. The van der Waals surface area contributed by atoms with Crippen LogP contribution < -0.4 is 14.8 Å². The van der Waals surface area contributed by atoms with E-state index in [1.54, 1.807) is 0 Å². The zero-order valence-corrected chi connectivity index (χ0v) is 12.8. The average molecular weight is 342 g/mol. The lowest BCUT2D eigenvalue weighted by Gasteiger charge is -2.17. The molecular formula is C13H15ClF3NO4. The van der Waals surface area contributed by atoms with Crippen LogP contribution in [0.5, 0.6) is 11.5 Å². The zero-order valence-electron chi connectivity index (χ0n) is 12.1. The smallest absolute Gasteiger partial charge is 0.411 e. The summed E-state index contributed by atoms with van der Waals surface area (Å²) >= 11 is 5.93. The second-order valence-corrected chi connectivity index (χ2v) is 4.65. The molecule has 1 N–H and O–H groups in total. The maximum absolute atomic E-state index is 12.1. The summed E-state index contributed by atoms with van der Waals surface area (Å²) in [5.41, 5.74) is 0.195. The maximum atomic E-state index is 12.1. The molecule has 0 aliphatic heterocycles. The molecule has 0 aromatic heterocycles. The minimum atomic E-state index is -4.50. The molecule has 0 fully saturated rings. The highest BCUT2D eigenvalue weighted by Gasteiger charge is 2.30. The first-order chi connectivity index (χ1) is 10.2. The first kappa shape index (κ1) is 18.4. The van der Waals surface area contributed by atoms with E-state index in [0.29, 0.717) is 5.75 Å². The quantitative estimate of drug-likeness (QED) is 0.863. The van der Waals surface area contributed by atoms with Gasteiger partial charge in [-0.1, -0.05) is 11.6 Å². The van der Waals surface area contributed by atoms with Crippen molar-refractivity contribution in [2.75, 3.05) is 26.1 Å². The van der Waals surface area contributed by atoms with Crippen molar-refractivity contribution in [2.24, 2.45) is 0 Å². The van der Waals surface area contributed by atoms with Gasteiger partial charge in [0, 0.05) is 6.07 Å². The average Bonchev–Trinajstić information content (AvgIpc) is 2.44. The standard InChI is InChI=1S/C13H15ClF3NO4/c1-7(22-6-13(15,16)17)12(19)18-9-4-8(14)10(20-2)5-11(9)21-3/h4-5,7H,6H2,1-3H3,(H,18,19)/t7-/m1/s1. The van der Waals surface area contributed by atoms with Crippen molar-refractivity contribution >= 4 is 23.2 Å². The van der Waals surface area contributed by atoms with Gasteiger partial charge >= 0.3 is 6.18 Å². The lowest BCUT2D eigenvalue weighted by molar-refractivity contribution is -0.184. The van der Waals surface area contributed by atoms with Gasteiger partial charge in [0.25, 0.3) is 5.91 Å². The highest BCUT2D eigenvalue weighted by molar-refractivity contribution is 6.32. The van der Waals surface area contributed by atoms with Crippen LogP contribution in [-0.2, 0) is 9.53 Å². The third kappa shape index (κ3) is 5.27. The van der Waals surface area contributed by atoms with Crippen molar-refractivity contribution in [3.8, 4) is 11.5 Å². The SMILES string of the molecule is COc1cc(OC)c(NC(=O)[C@@H](C)OCC(F)(F)F)cc1Cl. The number of ether oxygens (including phenoxy) is 3. The molecule has 5 nitrogen and oxygen atoms in total. The predicted molar refractivity (Wildman–Crippen MR) is 74.7 cm³/mol. The zero-order chi connectivity index (χ0) is 16.9. The summed E-state index contributed by atoms with van der Waals surface area (Å²) in [7, 11) is 2.77. The molecule has 1 aromatic rings. The molecular weight excluding hydrogens is 327 g/mol. The van der Waals surface area contributed by atoms with Crippen molar-refractivity contribution in [3.63, 3.8) is 0 Å². The Bertz CT molecular complexity index is 537. The molecule has 22 heavy (non-hydrogen) atoms. The second kappa shape index (κ2) is 7.55. The largest absolute Gasteiger partial charge is 0.495 e. The molecule has 0 heterocycles. The van der Waals surface area contributed by atoms with Crippen LogP contribution in [0.2, 0.25) is 5.02 Å². The third-order valence-electron chi connectivity index (χ3n) is 2.60. The predicted octanol–water partition coefficient (Wildman–Crippen LogP) is 3.26. The van der Waals surface area contributed by atoms with Crippen molar-refractivity contribution in [3.05, 3.63) is 17.2 Å². The van der Waals surface area contributed by atoms with Crippen molar-refractivity contribution < 1.29 is 32.2 Å². The van der Waals surface area contributed by atoms with Crippen LogP contribution in [0.4, 0.5) is 18.9 Å². The monoisotopic (exact) mass is 341 g/mol. The second-order valence-electron chi connectivity index (χ2n) is 4.24. The van der Waals surface area contributed by atoms with Crippen LogP contribution in [0.25, 0.3) is 0 Å². The van der Waals surface area contributed by atoms with Crippen molar-refractivity contribution in [2.45, 2.75) is 19.2 Å². The number of hydrogen-bond donors (Lipinski definition) is 1. The number of methoxy groups -OCH3 is 2. The van der Waals surface area contributed by atoms with E-state index in [9.17, 15) is 18.0 Å². The number of alkyl halides is 3. The molecule has 0 radical (unpaired) electrons. The van der Waals surface area contributed by atoms with Crippen LogP contribution in [0, 0.1) is 0 Å². The molecule has 1 rings (SSSR count). The molecule has 124 valence electrons. The highest BCUT2D eigenvalue weighted by Crippen LogP contribution is 2.36. The fourth-order valence-corrected chi connectivity index (χ4v) is 1.73. The number of hydrogen-bond acceptors (Lipinski definition) is 4. The van der Waals surface area contributed by atoms with Gasteiger partial charge in [-0.25, -0.2) is 0 Å². The van der Waals surface area contributed by atoms with Crippen LogP contribution in [0.3, 0.4) is 0 Å². The summed E-state index contributed by atoms with van der Waals surface area (Å²) in [5.74, 6) is -0.181. The Balaban J connectivity index is 2.81. The number of carbonyl (C=O) groups excluding carboxylic acids is 1. The van der Waals surface area contributed by atoms with Gasteiger partial charge in [0.15, 0.2) is 0 Å². The molecule has 0 aliphatic rings. The van der Waals surface area contributed by atoms with Crippen LogP contribution >= 0.6 is 11.6 Å². The summed E-state index contributed by atoms with van der Waals surface area (Å²) in [6, 6.07) is 2.81. The van der Waals surface area contributed by atoms with Gasteiger partial charge in [0.2, 0.25) is 0 Å². The molecule has 0 bridgehead atoms. The number of amides is 1. The number of nitrogens with one attached hydrogen (secondary N) is 1. The minimum absolute atomic E-state index is 0.195. The Morgan fingerprint density at radius 3 is 2.36 bits per heavy atom. The van der Waals surface area contributed by atoms with E-state index in [2.05, 4.69) is 10.1 Å². The Kier molecular flexibility index (Phi) is 6.31. The van der Waals surface area contributed by atoms with Crippen LogP contribution in [0.15, 0.2) is 12.1 Å². The number of anilines is 1. The Morgan fingerprint density at radius 2 is 1.86 bits per heavy atom. The van der Waals surface area contributed by atoms with Gasteiger partial charge in [-0.2, -0.15) is 13.2 Å². The molecule has 1 amide bonds. The lowest BCUT2D eigenvalue weighted by Crippen LogP contribution is -2.31. The molecule has 1 aromatic carbocycles. The van der Waals surface area contributed by atoms with E-state index in [4.69, 9.17) is 21.1 Å². The molecule has 0 unspecified atom stereocenters. The van der Waals surface area contributed by atoms with Crippen LogP contribution in [0.1, 0.15) is 6.92 Å². The molecule has 1 atom stereocenters. The maximum Gasteiger partial charge on any atom is 0.411 e. The summed E-state index contributed by atoms with van der Waals surface area (Å²) < 4.78 is 50.7. The topological polar surface area (TPSA) is 56.8 Å². The fourth-order valence-electron chi connectivity index (χ4n) is 1.49. The molecule has 9 heteroatoms. The Hall–Kier alpha value is -1.67. The number of rotatable bonds is 6. The lowest BCUT2D eigenvalue weighted by atomic mass is 10.2. The number of benzene rings is 1. The summed E-state index contributed by atoms with van der Waals surface area (Å²) in [6.07, 6.45) is -5.80. The first-order valence-corrected chi connectivity index (χ1v) is 6.46. The van der Waals surface area contributed by atoms with E-state index in [1.165, 1.54) is 33.3 Å². The van der Waals surface area contributed by atoms with E-state index in [1.807, 2.05) is 0 Å². The highest BCUT2D eigenvalue weighted by atomic mass is 35.5. The van der Waals surface area contributed by atoms with Gasteiger partial charge in [0.05, 0.1) is 24.9 Å². The molecule has 0 spiro atoms. The molecule has 0 saturated heterocycles. The number of carbonyl (C=O) groups is 1. The minimum Gasteiger partial charge on any atom is -0.495 e. The van der Waals surface area contributed by atoms with Gasteiger partial charge in [-0.05, 0) is 13.0 Å². The van der Waals surface area contributed by atoms with E-state index in [0.717, 1.165) is 0 Å². The van der Waals surface area contributed by atoms with Gasteiger partial charge in [-0.15, -0.1) is 0 Å². The van der Waals surface area contributed by atoms with Crippen molar-refractivity contribution in [1.82, 2.24) is 0 Å². The Morgan fingerprint density at radius 1 is 1.27 bits per heavy atom.